The average Bonchev–Trinajstić information content (AvgIpc) is 3.08. The lowest BCUT2D eigenvalue weighted by atomic mass is 9.90. The third-order valence-corrected chi connectivity index (χ3v) is 5.65. The lowest BCUT2D eigenvalue weighted by molar-refractivity contribution is -0.137. The fourth-order valence-electron chi connectivity index (χ4n) is 4.61. The van der Waals surface area contributed by atoms with Crippen LogP contribution >= 0.6 is 0 Å². The molecule has 20 heavy (non-hydrogen) atoms. The second kappa shape index (κ2) is 6.44. The summed E-state index contributed by atoms with van der Waals surface area (Å²) in [5, 5.41) is 12.8. The summed E-state index contributed by atoms with van der Waals surface area (Å²) >= 11 is 0. The minimum absolute atomic E-state index is 0.0241. The van der Waals surface area contributed by atoms with E-state index in [4.69, 9.17) is 0 Å². The predicted octanol–water partition coefficient (Wildman–Crippen LogP) is 1.53. The first-order valence-electron chi connectivity index (χ1n) is 8.46. The zero-order valence-electron chi connectivity index (χ0n) is 12.4. The van der Waals surface area contributed by atoms with Crippen LogP contribution in [0.1, 0.15) is 51.4 Å². The maximum absolute atomic E-state index is 12.9. The van der Waals surface area contributed by atoms with Crippen LogP contribution in [0, 0.1) is 11.8 Å². The van der Waals surface area contributed by atoms with Gasteiger partial charge < -0.3 is 15.3 Å². The van der Waals surface area contributed by atoms with Gasteiger partial charge in [-0.2, -0.15) is 0 Å². The molecule has 114 valence electrons. The largest absolute Gasteiger partial charge is 0.395 e. The van der Waals surface area contributed by atoms with Gasteiger partial charge in [-0.1, -0.05) is 25.7 Å². The Morgan fingerprint density at radius 2 is 1.90 bits per heavy atom. The highest BCUT2D eigenvalue weighted by Gasteiger charge is 2.44. The average molecular weight is 280 g/mol. The van der Waals surface area contributed by atoms with Gasteiger partial charge in [0.15, 0.2) is 0 Å². The van der Waals surface area contributed by atoms with Gasteiger partial charge in [-0.25, -0.2) is 0 Å². The van der Waals surface area contributed by atoms with E-state index in [9.17, 15) is 9.90 Å². The molecule has 4 heteroatoms. The van der Waals surface area contributed by atoms with Gasteiger partial charge in [-0.05, 0) is 44.1 Å². The first-order chi connectivity index (χ1) is 9.81. The molecule has 0 aromatic heterocycles. The van der Waals surface area contributed by atoms with Crippen molar-refractivity contribution >= 4 is 5.91 Å². The summed E-state index contributed by atoms with van der Waals surface area (Å²) in [6.45, 7) is 1.61. The lowest BCUT2D eigenvalue weighted by Crippen LogP contribution is -2.51. The van der Waals surface area contributed by atoms with Crippen molar-refractivity contribution in [3.05, 3.63) is 0 Å². The molecule has 1 saturated heterocycles. The van der Waals surface area contributed by atoms with Crippen LogP contribution in [0.4, 0.5) is 0 Å². The molecule has 0 radical (unpaired) electrons. The van der Waals surface area contributed by atoms with Crippen LogP contribution < -0.4 is 5.32 Å². The Hall–Kier alpha value is -0.610. The van der Waals surface area contributed by atoms with E-state index in [2.05, 4.69) is 5.32 Å². The van der Waals surface area contributed by atoms with Crippen LogP contribution in [0.15, 0.2) is 0 Å². The van der Waals surface area contributed by atoms with Crippen LogP contribution in [-0.2, 0) is 4.79 Å². The monoisotopic (exact) mass is 280 g/mol. The van der Waals surface area contributed by atoms with Crippen molar-refractivity contribution in [3.63, 3.8) is 0 Å². The van der Waals surface area contributed by atoms with Crippen molar-refractivity contribution in [2.75, 3.05) is 19.7 Å². The molecule has 4 nitrogen and oxygen atoms in total. The van der Waals surface area contributed by atoms with E-state index in [1.807, 2.05) is 4.90 Å². The maximum atomic E-state index is 12.9. The second-order valence-corrected chi connectivity index (χ2v) is 6.79. The van der Waals surface area contributed by atoms with Gasteiger partial charge in [0, 0.05) is 12.6 Å². The number of carbonyl (C=O) groups is 1. The molecule has 2 N–H and O–H groups in total. The smallest absolute Gasteiger partial charge is 0.240 e. The summed E-state index contributed by atoms with van der Waals surface area (Å²) < 4.78 is 0. The zero-order valence-corrected chi connectivity index (χ0v) is 12.4. The molecule has 3 fully saturated rings. The predicted molar refractivity (Wildman–Crippen MR) is 78.3 cm³/mol. The van der Waals surface area contributed by atoms with Crippen molar-refractivity contribution < 1.29 is 9.90 Å². The standard InChI is InChI=1S/C16H28N2O2/c19-10-9-18(13-6-2-1-3-7-13)16(20)15-14-8-4-5-12(14)11-17-15/h12-15,17,19H,1-11H2. The van der Waals surface area contributed by atoms with Crippen LogP contribution in [0.5, 0.6) is 0 Å². The third kappa shape index (κ3) is 2.73. The van der Waals surface area contributed by atoms with E-state index in [-0.39, 0.29) is 18.6 Å². The molecule has 0 aromatic rings. The Bertz CT molecular complexity index is 341. The van der Waals surface area contributed by atoms with E-state index in [1.165, 1.54) is 38.5 Å². The molecule has 0 aromatic carbocycles. The van der Waals surface area contributed by atoms with Crippen LogP contribution in [0.25, 0.3) is 0 Å². The molecule has 3 rings (SSSR count). The normalized spacial score (nSPS) is 34.1. The van der Waals surface area contributed by atoms with E-state index < -0.39 is 0 Å². The molecule has 0 bridgehead atoms. The molecule has 1 amide bonds. The molecule has 3 unspecified atom stereocenters. The van der Waals surface area contributed by atoms with E-state index in [1.54, 1.807) is 0 Å². The summed E-state index contributed by atoms with van der Waals surface area (Å²) in [4.78, 5) is 14.9. The van der Waals surface area contributed by atoms with Gasteiger partial charge in [0.05, 0.1) is 12.6 Å². The number of carbonyl (C=O) groups excluding carboxylic acids is 1. The number of hydrogen-bond acceptors (Lipinski definition) is 3. The summed E-state index contributed by atoms with van der Waals surface area (Å²) in [5.41, 5.74) is 0. The summed E-state index contributed by atoms with van der Waals surface area (Å²) in [6, 6.07) is 0.390. The molecular weight excluding hydrogens is 252 g/mol. The highest BCUT2D eigenvalue weighted by Crippen LogP contribution is 2.38. The second-order valence-electron chi connectivity index (χ2n) is 6.79. The van der Waals surface area contributed by atoms with Crippen molar-refractivity contribution in [2.24, 2.45) is 11.8 Å². The van der Waals surface area contributed by atoms with Gasteiger partial charge in [0.25, 0.3) is 0 Å². The Morgan fingerprint density at radius 1 is 1.10 bits per heavy atom. The van der Waals surface area contributed by atoms with Gasteiger partial charge in [-0.15, -0.1) is 0 Å². The Labute approximate surface area is 121 Å². The Morgan fingerprint density at radius 3 is 2.65 bits per heavy atom. The van der Waals surface area contributed by atoms with Gasteiger partial charge in [0.2, 0.25) is 5.91 Å². The first-order valence-corrected chi connectivity index (χ1v) is 8.46. The topological polar surface area (TPSA) is 52.6 Å². The SMILES string of the molecule is O=C(C1NCC2CCCC21)N(CCO)C1CCCCC1. The molecule has 3 aliphatic rings. The van der Waals surface area contributed by atoms with Crippen LogP contribution in [0.2, 0.25) is 0 Å². The number of nitrogens with one attached hydrogen (secondary N) is 1. The van der Waals surface area contributed by atoms with Gasteiger partial charge in [-0.3, -0.25) is 4.79 Å². The molecule has 2 saturated carbocycles. The number of amides is 1. The molecular formula is C16H28N2O2. The maximum Gasteiger partial charge on any atom is 0.240 e. The molecule has 2 aliphatic carbocycles. The van der Waals surface area contributed by atoms with Crippen molar-refractivity contribution in [1.82, 2.24) is 10.2 Å². The quantitative estimate of drug-likeness (QED) is 0.821. The summed E-state index contributed by atoms with van der Waals surface area (Å²) in [5.74, 6) is 1.53. The minimum Gasteiger partial charge on any atom is -0.395 e. The highest BCUT2D eigenvalue weighted by atomic mass is 16.3. The third-order valence-electron chi connectivity index (χ3n) is 5.65. The van der Waals surface area contributed by atoms with Crippen molar-refractivity contribution in [3.8, 4) is 0 Å². The first kappa shape index (κ1) is 14.3. The molecule has 3 atom stereocenters. The van der Waals surface area contributed by atoms with E-state index in [0.717, 1.165) is 19.4 Å². The fraction of sp³-hybridized carbons (Fsp3) is 0.938. The molecule has 1 heterocycles. The van der Waals surface area contributed by atoms with Crippen LogP contribution in [-0.4, -0.2) is 47.7 Å². The molecule has 0 spiro atoms. The summed E-state index contributed by atoms with van der Waals surface area (Å²) in [7, 11) is 0. The Kier molecular flexibility index (Phi) is 4.61. The fourth-order valence-corrected chi connectivity index (χ4v) is 4.61. The van der Waals surface area contributed by atoms with Crippen LogP contribution in [0.3, 0.4) is 0 Å². The Balaban J connectivity index is 1.68. The summed E-state index contributed by atoms with van der Waals surface area (Å²) in [6.07, 6.45) is 9.75. The number of aliphatic hydroxyl groups excluding tert-OH is 1. The van der Waals surface area contributed by atoms with Crippen molar-refractivity contribution in [1.29, 1.82) is 0 Å². The number of nitrogens with zero attached hydrogens (tertiary/aromatic N) is 1. The van der Waals surface area contributed by atoms with E-state index in [0.29, 0.717) is 24.4 Å². The van der Waals surface area contributed by atoms with Crippen molar-refractivity contribution in [2.45, 2.75) is 63.5 Å². The number of aliphatic hydroxyl groups is 1. The lowest BCUT2D eigenvalue weighted by Gasteiger charge is -2.36. The number of hydrogen-bond donors (Lipinski definition) is 2. The van der Waals surface area contributed by atoms with Gasteiger partial charge >= 0.3 is 0 Å². The number of fused-ring (bicyclic) bond motifs is 1. The van der Waals surface area contributed by atoms with Gasteiger partial charge in [0.1, 0.15) is 0 Å². The number of rotatable bonds is 4. The molecule has 1 aliphatic heterocycles. The minimum atomic E-state index is 0.0241. The highest BCUT2D eigenvalue weighted by molar-refractivity contribution is 5.83. The van der Waals surface area contributed by atoms with E-state index >= 15 is 0 Å². The zero-order chi connectivity index (χ0) is 13.9.